The van der Waals surface area contributed by atoms with Crippen LogP contribution in [-0.4, -0.2) is 100 Å². The van der Waals surface area contributed by atoms with Gasteiger partial charge in [-0.15, -0.1) is 0 Å². The summed E-state index contributed by atoms with van der Waals surface area (Å²) < 4.78 is 7.42. The first kappa shape index (κ1) is 28.1. The van der Waals surface area contributed by atoms with Gasteiger partial charge in [-0.3, -0.25) is 19.6 Å². The molecule has 1 aromatic carbocycles. The predicted octanol–water partition coefficient (Wildman–Crippen LogP) is 0.550. The molecular formula is C28H40N8O4. The first-order valence-electron chi connectivity index (χ1n) is 14.0. The second kappa shape index (κ2) is 11.2. The number of piperazine rings is 1. The monoisotopic (exact) mass is 552 g/mol. The highest BCUT2D eigenvalue weighted by molar-refractivity contribution is 5.89. The fourth-order valence-electron chi connectivity index (χ4n) is 5.79. The van der Waals surface area contributed by atoms with E-state index in [4.69, 9.17) is 16.2 Å². The van der Waals surface area contributed by atoms with Crippen LogP contribution in [0.25, 0.3) is 5.69 Å². The third-order valence-corrected chi connectivity index (χ3v) is 8.35. The van der Waals surface area contributed by atoms with Crippen LogP contribution in [0.4, 0.5) is 10.6 Å². The van der Waals surface area contributed by atoms with Gasteiger partial charge in [0.05, 0.1) is 11.2 Å². The number of nitrogens with zero attached hydrogens (tertiary/aromatic N) is 5. The molecule has 0 bridgehead atoms. The zero-order chi connectivity index (χ0) is 28.6. The first-order valence-corrected chi connectivity index (χ1v) is 14.0. The van der Waals surface area contributed by atoms with E-state index in [-0.39, 0.29) is 17.8 Å². The fourth-order valence-corrected chi connectivity index (χ4v) is 5.79. The Morgan fingerprint density at radius 3 is 2.27 bits per heavy atom. The number of piperidine rings is 1. The average molecular weight is 553 g/mol. The number of nitrogens with one attached hydrogen (secondary N) is 1. The maximum atomic E-state index is 12.7. The fraction of sp³-hybridized carbons (Fsp3) is 0.571. The van der Waals surface area contributed by atoms with Crippen LogP contribution >= 0.6 is 0 Å². The molecule has 5 rings (SSSR count). The van der Waals surface area contributed by atoms with Crippen molar-refractivity contribution in [3.8, 4) is 11.4 Å². The van der Waals surface area contributed by atoms with Crippen LogP contribution in [0, 0.1) is 17.8 Å². The maximum absolute atomic E-state index is 12.7. The van der Waals surface area contributed by atoms with E-state index in [0.29, 0.717) is 50.4 Å². The number of hydrogen-bond donors (Lipinski definition) is 3. The van der Waals surface area contributed by atoms with Crippen molar-refractivity contribution in [2.24, 2.45) is 29.2 Å². The first-order chi connectivity index (χ1) is 19.0. The maximum Gasteiger partial charge on any atom is 0.354 e. The van der Waals surface area contributed by atoms with Gasteiger partial charge in [0.25, 0.3) is 0 Å². The molecule has 5 N–H and O–H groups in total. The van der Waals surface area contributed by atoms with E-state index >= 15 is 0 Å². The van der Waals surface area contributed by atoms with Gasteiger partial charge in [-0.1, -0.05) is 0 Å². The summed E-state index contributed by atoms with van der Waals surface area (Å²) >= 11 is 0. The van der Waals surface area contributed by atoms with E-state index in [1.807, 2.05) is 24.3 Å². The number of likely N-dealkylation sites (tertiary alicyclic amines) is 1. The summed E-state index contributed by atoms with van der Waals surface area (Å²) in [6.07, 6.45) is 1.58. The molecule has 1 saturated carbocycles. The Morgan fingerprint density at radius 1 is 1.07 bits per heavy atom. The molecular weight excluding hydrogens is 512 g/mol. The number of fused-ring (bicyclic) bond motifs is 1. The molecule has 0 spiro atoms. The van der Waals surface area contributed by atoms with Crippen LogP contribution in [0.2, 0.25) is 0 Å². The van der Waals surface area contributed by atoms with Gasteiger partial charge < -0.3 is 26.0 Å². The zero-order valence-corrected chi connectivity index (χ0v) is 23.5. The number of ether oxygens (including phenoxy) is 1. The summed E-state index contributed by atoms with van der Waals surface area (Å²) in [6.45, 7) is 10.7. The highest BCUT2D eigenvalue weighted by atomic mass is 16.5. The quantitative estimate of drug-likeness (QED) is 0.429. The van der Waals surface area contributed by atoms with Gasteiger partial charge in [-0.2, -0.15) is 4.98 Å². The lowest BCUT2D eigenvalue weighted by molar-refractivity contribution is -0.137. The van der Waals surface area contributed by atoms with E-state index in [1.54, 1.807) is 35.9 Å². The molecule has 3 aliphatic rings. The van der Waals surface area contributed by atoms with Crippen molar-refractivity contribution < 1.29 is 14.3 Å². The van der Waals surface area contributed by atoms with Crippen molar-refractivity contribution in [2.45, 2.75) is 32.4 Å². The van der Waals surface area contributed by atoms with E-state index < -0.39 is 11.2 Å². The molecule has 3 fully saturated rings. The van der Waals surface area contributed by atoms with Crippen molar-refractivity contribution in [1.82, 2.24) is 24.3 Å². The molecule has 1 aromatic heterocycles. The number of carbonyl (C=O) groups excluding carboxylic acids is 2. The number of benzene rings is 1. The Balaban J connectivity index is 1.10. The topological polar surface area (TPSA) is 152 Å². The van der Waals surface area contributed by atoms with Crippen LogP contribution in [0.1, 0.15) is 20.8 Å². The highest BCUT2D eigenvalue weighted by Crippen LogP contribution is 2.51. The van der Waals surface area contributed by atoms with Gasteiger partial charge in [-0.25, -0.2) is 9.59 Å². The SMILES string of the molecule is CC(COc1ccc(-n2ccc(NC(=O)N3CCN(C(=O)C(C)(C)N)CC3)nc2=O)cc1)N1CC2[C@H](CN)[C@H]2C1. The number of carbonyl (C=O) groups is 2. The Labute approximate surface area is 234 Å². The molecule has 0 radical (unpaired) electrons. The van der Waals surface area contributed by atoms with Gasteiger partial charge in [0.2, 0.25) is 5.91 Å². The van der Waals surface area contributed by atoms with E-state index in [1.165, 1.54) is 4.57 Å². The molecule has 2 aliphatic heterocycles. The number of aromatic nitrogens is 2. The Hall–Kier alpha value is -3.48. The standard InChI is InChI=1S/C28H40N8O4/c1-18(35-15-22-21(14-29)23(22)16-35)17-40-20-6-4-19(5-7-20)36-9-8-24(32-27(36)39)31-26(38)34-12-10-33(11-13-34)25(37)28(2,3)30/h4-9,18,21-23H,10-17,29-30H2,1-3H3,(H,31,32,38,39)/t18?,21-,22-,23?/m1/s1. The van der Waals surface area contributed by atoms with Crippen molar-refractivity contribution in [1.29, 1.82) is 0 Å². The van der Waals surface area contributed by atoms with Crippen LogP contribution in [0.15, 0.2) is 41.3 Å². The van der Waals surface area contributed by atoms with E-state index in [0.717, 1.165) is 37.2 Å². The summed E-state index contributed by atoms with van der Waals surface area (Å²) in [5.74, 6) is 2.99. The van der Waals surface area contributed by atoms with E-state index in [9.17, 15) is 14.4 Å². The minimum absolute atomic E-state index is 0.147. The summed E-state index contributed by atoms with van der Waals surface area (Å²) in [7, 11) is 0. The second-order valence-electron chi connectivity index (χ2n) is 11.7. The molecule has 40 heavy (non-hydrogen) atoms. The van der Waals surface area contributed by atoms with Crippen molar-refractivity contribution in [3.63, 3.8) is 0 Å². The molecule has 2 saturated heterocycles. The van der Waals surface area contributed by atoms with Crippen LogP contribution in [0.3, 0.4) is 0 Å². The average Bonchev–Trinajstić information content (AvgIpc) is 3.41. The van der Waals surface area contributed by atoms with E-state index in [2.05, 4.69) is 22.1 Å². The number of nitrogens with two attached hydrogens (primary N) is 2. The lowest BCUT2D eigenvalue weighted by Gasteiger charge is -2.37. The summed E-state index contributed by atoms with van der Waals surface area (Å²) in [4.78, 5) is 47.5. The molecule has 2 aromatic rings. The number of urea groups is 1. The van der Waals surface area contributed by atoms with Gasteiger partial charge >= 0.3 is 11.7 Å². The molecule has 1 aliphatic carbocycles. The number of hydrogen-bond acceptors (Lipinski definition) is 8. The summed E-state index contributed by atoms with van der Waals surface area (Å²) in [5.41, 5.74) is 10.9. The molecule has 12 heteroatoms. The zero-order valence-electron chi connectivity index (χ0n) is 23.5. The largest absolute Gasteiger partial charge is 0.492 e. The number of rotatable bonds is 8. The van der Waals surface area contributed by atoms with Crippen molar-refractivity contribution in [2.75, 3.05) is 57.7 Å². The number of anilines is 1. The van der Waals surface area contributed by atoms with Crippen molar-refractivity contribution >= 4 is 17.8 Å². The number of amides is 3. The van der Waals surface area contributed by atoms with Crippen LogP contribution in [0.5, 0.6) is 5.75 Å². The molecule has 4 atom stereocenters. The summed E-state index contributed by atoms with van der Waals surface area (Å²) in [6, 6.07) is 8.83. The lowest BCUT2D eigenvalue weighted by atomic mass is 10.1. The predicted molar refractivity (Wildman–Crippen MR) is 151 cm³/mol. The molecule has 3 amide bonds. The minimum Gasteiger partial charge on any atom is -0.492 e. The second-order valence-corrected chi connectivity index (χ2v) is 11.7. The highest BCUT2D eigenvalue weighted by Gasteiger charge is 2.55. The van der Waals surface area contributed by atoms with Gasteiger partial charge in [-0.05, 0) is 75.4 Å². The van der Waals surface area contributed by atoms with Crippen LogP contribution in [-0.2, 0) is 4.79 Å². The third-order valence-electron chi connectivity index (χ3n) is 8.35. The van der Waals surface area contributed by atoms with Crippen LogP contribution < -0.4 is 27.2 Å². The molecule has 12 nitrogen and oxygen atoms in total. The Bertz CT molecular complexity index is 1270. The Kier molecular flexibility index (Phi) is 7.85. The smallest absolute Gasteiger partial charge is 0.354 e. The minimum atomic E-state index is -0.951. The van der Waals surface area contributed by atoms with Gasteiger partial charge in [0, 0.05) is 51.5 Å². The molecule has 2 unspecified atom stereocenters. The molecule has 3 heterocycles. The summed E-state index contributed by atoms with van der Waals surface area (Å²) in [5, 5.41) is 2.68. The van der Waals surface area contributed by atoms with Crippen molar-refractivity contribution in [3.05, 3.63) is 47.0 Å². The normalized spacial score (nSPS) is 23.5. The third kappa shape index (κ3) is 5.98. The van der Waals surface area contributed by atoms with Gasteiger partial charge in [0.1, 0.15) is 18.2 Å². The van der Waals surface area contributed by atoms with Gasteiger partial charge in [0.15, 0.2) is 0 Å². The Morgan fingerprint density at radius 2 is 1.70 bits per heavy atom. The molecule has 216 valence electrons. The lowest BCUT2D eigenvalue weighted by Crippen LogP contribution is -2.58.